The van der Waals surface area contributed by atoms with Gasteiger partial charge in [-0.15, -0.1) is 0 Å². The molecule has 1 aliphatic rings. The number of ether oxygens (including phenoxy) is 2. The van der Waals surface area contributed by atoms with Crippen molar-refractivity contribution in [3.05, 3.63) is 24.8 Å². The summed E-state index contributed by atoms with van der Waals surface area (Å²) in [5.41, 5.74) is 0.303. The molecule has 1 heterocycles. The van der Waals surface area contributed by atoms with Gasteiger partial charge in [-0.2, -0.15) is 0 Å². The Bertz CT molecular complexity index is 430. The van der Waals surface area contributed by atoms with Crippen LogP contribution in [0.1, 0.15) is 48.0 Å². The number of hydrogen-bond acceptors (Lipinski definition) is 5. The molecule has 0 aromatic heterocycles. The van der Waals surface area contributed by atoms with Crippen molar-refractivity contribution in [2.45, 2.75) is 59.2 Å². The van der Waals surface area contributed by atoms with Gasteiger partial charge in [-0.25, -0.2) is 9.59 Å². The van der Waals surface area contributed by atoms with Crippen LogP contribution in [-0.2, 0) is 14.3 Å². The quantitative estimate of drug-likeness (QED) is 0.449. The molecule has 0 aromatic carbocycles. The molecule has 0 unspecified atom stereocenters. The van der Waals surface area contributed by atoms with Crippen LogP contribution in [0.15, 0.2) is 24.8 Å². The minimum absolute atomic E-state index is 0.230. The molecule has 0 aromatic rings. The van der Waals surface area contributed by atoms with Gasteiger partial charge in [0.05, 0.1) is 0 Å². The number of aliphatic hydroxyl groups is 1. The van der Waals surface area contributed by atoms with E-state index < -0.39 is 11.2 Å². The summed E-state index contributed by atoms with van der Waals surface area (Å²) in [4.78, 5) is 23.6. The van der Waals surface area contributed by atoms with Crippen LogP contribution in [0.25, 0.3) is 0 Å². The normalized spacial score (nSPS) is 13.8. The van der Waals surface area contributed by atoms with Gasteiger partial charge in [0.25, 0.3) is 0 Å². The van der Waals surface area contributed by atoms with Crippen LogP contribution >= 0.6 is 0 Å². The van der Waals surface area contributed by atoms with E-state index in [0.29, 0.717) is 6.54 Å². The molecule has 0 bridgehead atoms. The molecule has 0 radical (unpaired) electrons. The molecule has 6 heteroatoms. The first kappa shape index (κ1) is 24.4. The summed E-state index contributed by atoms with van der Waals surface area (Å²) in [5, 5.41) is 7.00. The fourth-order valence-corrected chi connectivity index (χ4v) is 1.55. The number of carbonyl (C=O) groups excluding carboxylic acids is 2. The molecule has 140 valence electrons. The number of nitrogens with zero attached hydrogens (tertiary/aromatic N) is 1. The second-order valence-corrected chi connectivity index (χ2v) is 7.14. The van der Waals surface area contributed by atoms with Crippen LogP contribution in [0.4, 0.5) is 4.79 Å². The smallest absolute Gasteiger partial charge is 0.410 e. The summed E-state index contributed by atoms with van der Waals surface area (Å²) in [7, 11) is 1.00. The average Bonchev–Trinajstić information content (AvgIpc) is 2.85. The third kappa shape index (κ3) is 13.8. The molecule has 1 amide bonds. The molecule has 1 N–H and O–H groups in total. The number of aliphatic hydroxyl groups excluding tert-OH is 1. The highest BCUT2D eigenvalue weighted by atomic mass is 16.6. The number of likely N-dealkylation sites (tertiary alicyclic amines) is 1. The molecule has 1 rings (SSSR count). The SMILES string of the molecule is C=C1CCN(C(=O)OC(C)(C)C)C1.C=CC(=O)OC(C)(C)C.CO. The van der Waals surface area contributed by atoms with Crippen LogP contribution in [0, 0.1) is 0 Å². The van der Waals surface area contributed by atoms with Gasteiger partial charge in [-0.05, 0) is 48.0 Å². The minimum Gasteiger partial charge on any atom is -0.457 e. The maximum absolute atomic E-state index is 11.5. The highest BCUT2D eigenvalue weighted by Gasteiger charge is 2.25. The molecule has 1 fully saturated rings. The topological polar surface area (TPSA) is 76.1 Å². The number of rotatable bonds is 1. The third-order valence-electron chi connectivity index (χ3n) is 2.37. The summed E-state index contributed by atoms with van der Waals surface area (Å²) >= 11 is 0. The van der Waals surface area contributed by atoms with Crippen molar-refractivity contribution >= 4 is 12.1 Å². The maximum atomic E-state index is 11.5. The maximum Gasteiger partial charge on any atom is 0.410 e. The van der Waals surface area contributed by atoms with Gasteiger partial charge in [-0.3, -0.25) is 0 Å². The first-order chi connectivity index (χ1) is 10.8. The van der Waals surface area contributed by atoms with Gasteiger partial charge in [-0.1, -0.05) is 18.7 Å². The third-order valence-corrected chi connectivity index (χ3v) is 2.37. The highest BCUT2D eigenvalue weighted by Crippen LogP contribution is 2.17. The average molecular weight is 343 g/mol. The Morgan fingerprint density at radius 2 is 1.54 bits per heavy atom. The van der Waals surface area contributed by atoms with Crippen molar-refractivity contribution < 1.29 is 24.2 Å². The molecule has 0 aliphatic carbocycles. The molecule has 24 heavy (non-hydrogen) atoms. The van der Waals surface area contributed by atoms with E-state index in [0.717, 1.165) is 31.7 Å². The summed E-state index contributed by atoms with van der Waals surface area (Å²) < 4.78 is 10.0. The largest absolute Gasteiger partial charge is 0.457 e. The van der Waals surface area contributed by atoms with E-state index in [2.05, 4.69) is 13.2 Å². The molecule has 0 saturated carbocycles. The monoisotopic (exact) mass is 343 g/mol. The van der Waals surface area contributed by atoms with Crippen molar-refractivity contribution in [3.8, 4) is 0 Å². The van der Waals surface area contributed by atoms with Crippen LogP contribution in [0.5, 0.6) is 0 Å². The van der Waals surface area contributed by atoms with Crippen LogP contribution in [-0.4, -0.2) is 53.5 Å². The van der Waals surface area contributed by atoms with Crippen molar-refractivity contribution in [3.63, 3.8) is 0 Å². The summed E-state index contributed by atoms with van der Waals surface area (Å²) in [6, 6.07) is 0. The predicted molar refractivity (Wildman–Crippen MR) is 95.7 cm³/mol. The first-order valence-electron chi connectivity index (χ1n) is 7.79. The Morgan fingerprint density at radius 3 is 1.79 bits per heavy atom. The Hall–Kier alpha value is -1.82. The van der Waals surface area contributed by atoms with E-state index in [-0.39, 0.29) is 12.1 Å². The zero-order valence-corrected chi connectivity index (χ0v) is 16.1. The van der Waals surface area contributed by atoms with Gasteiger partial charge in [0, 0.05) is 26.3 Å². The zero-order chi connectivity index (χ0) is 19.6. The summed E-state index contributed by atoms with van der Waals surface area (Å²) in [6.07, 6.45) is 1.83. The second kappa shape index (κ2) is 10.9. The van der Waals surface area contributed by atoms with Crippen molar-refractivity contribution in [2.24, 2.45) is 0 Å². The molecule has 6 nitrogen and oxygen atoms in total. The fourth-order valence-electron chi connectivity index (χ4n) is 1.55. The van der Waals surface area contributed by atoms with Gasteiger partial charge in [0.15, 0.2) is 0 Å². The minimum atomic E-state index is -0.402. The number of esters is 1. The molecule has 1 aliphatic heterocycles. The van der Waals surface area contributed by atoms with E-state index in [9.17, 15) is 9.59 Å². The van der Waals surface area contributed by atoms with Gasteiger partial charge in [0.2, 0.25) is 0 Å². The van der Waals surface area contributed by atoms with E-state index in [1.807, 2.05) is 41.5 Å². The molecule has 0 atom stereocenters. The lowest BCUT2D eigenvalue weighted by Crippen LogP contribution is -2.34. The number of carbonyl (C=O) groups is 2. The Balaban J connectivity index is 0. The number of hydrogen-bond donors (Lipinski definition) is 1. The van der Waals surface area contributed by atoms with Crippen molar-refractivity contribution in [1.82, 2.24) is 4.90 Å². The van der Waals surface area contributed by atoms with Crippen LogP contribution in [0.3, 0.4) is 0 Å². The van der Waals surface area contributed by atoms with Gasteiger partial charge in [0.1, 0.15) is 11.2 Å². The van der Waals surface area contributed by atoms with Crippen LogP contribution in [0.2, 0.25) is 0 Å². The van der Waals surface area contributed by atoms with E-state index in [4.69, 9.17) is 14.6 Å². The van der Waals surface area contributed by atoms with Crippen LogP contribution < -0.4 is 0 Å². The van der Waals surface area contributed by atoms with Crippen molar-refractivity contribution in [1.29, 1.82) is 0 Å². The van der Waals surface area contributed by atoms with Crippen molar-refractivity contribution in [2.75, 3.05) is 20.2 Å². The summed E-state index contributed by atoms with van der Waals surface area (Å²) in [5.74, 6) is -0.373. The van der Waals surface area contributed by atoms with Gasteiger partial charge >= 0.3 is 12.1 Å². The molecular weight excluding hydrogens is 310 g/mol. The highest BCUT2D eigenvalue weighted by molar-refractivity contribution is 5.81. The number of amides is 1. The molecular formula is C18H33NO5. The van der Waals surface area contributed by atoms with Gasteiger partial charge < -0.3 is 19.5 Å². The Labute approximate surface area is 146 Å². The summed E-state index contributed by atoms with van der Waals surface area (Å²) in [6.45, 7) is 19.5. The molecule has 0 spiro atoms. The zero-order valence-electron chi connectivity index (χ0n) is 16.1. The second-order valence-electron chi connectivity index (χ2n) is 7.14. The predicted octanol–water partition coefficient (Wildman–Crippen LogP) is 3.31. The lowest BCUT2D eigenvalue weighted by molar-refractivity contribution is -0.148. The van der Waals surface area contributed by atoms with E-state index in [1.54, 1.807) is 4.90 Å². The Kier molecular flexibility index (Phi) is 11.1. The first-order valence-corrected chi connectivity index (χ1v) is 7.79. The standard InChI is InChI=1S/C10H17NO2.C7H12O2.CH4O/c1-8-5-6-11(7-8)9(12)13-10(2,3)4;1-5-6(8)9-7(2,3)4;1-2/h1,5-7H2,2-4H3;5H,1H2,2-4H3;2H,1H3. The van der Waals surface area contributed by atoms with E-state index in [1.165, 1.54) is 0 Å². The Morgan fingerprint density at radius 1 is 1.08 bits per heavy atom. The van der Waals surface area contributed by atoms with E-state index >= 15 is 0 Å². The lowest BCUT2D eigenvalue weighted by atomic mass is 10.2. The lowest BCUT2D eigenvalue weighted by Gasteiger charge is -2.23. The fraction of sp³-hybridized carbons (Fsp3) is 0.667. The molecule has 1 saturated heterocycles.